The molecule has 1 aromatic heterocycles. The fourth-order valence-electron chi connectivity index (χ4n) is 1.11. The summed E-state index contributed by atoms with van der Waals surface area (Å²) in [6.45, 7) is 2.00. The van der Waals surface area contributed by atoms with Crippen LogP contribution < -0.4 is 5.32 Å². The van der Waals surface area contributed by atoms with E-state index in [2.05, 4.69) is 10.3 Å². The zero-order chi connectivity index (χ0) is 10.6. The zero-order valence-corrected chi connectivity index (χ0v) is 8.23. The van der Waals surface area contributed by atoms with Crippen molar-refractivity contribution in [3.8, 4) is 0 Å². The van der Waals surface area contributed by atoms with Crippen LogP contribution in [0.1, 0.15) is 12.6 Å². The van der Waals surface area contributed by atoms with E-state index in [0.717, 1.165) is 5.69 Å². The van der Waals surface area contributed by atoms with E-state index in [4.69, 9.17) is 0 Å². The van der Waals surface area contributed by atoms with Crippen LogP contribution in [0.25, 0.3) is 0 Å². The SMILES string of the molecule is CNC(C)Cc1cc([N+](=O)[O-])ccn1. The molecule has 0 aliphatic heterocycles. The molecule has 0 aromatic carbocycles. The van der Waals surface area contributed by atoms with Gasteiger partial charge in [-0.3, -0.25) is 15.1 Å². The van der Waals surface area contributed by atoms with Gasteiger partial charge in [0.1, 0.15) is 0 Å². The second-order valence-corrected chi connectivity index (χ2v) is 3.16. The highest BCUT2D eigenvalue weighted by Crippen LogP contribution is 2.11. The maximum absolute atomic E-state index is 10.5. The lowest BCUT2D eigenvalue weighted by Crippen LogP contribution is -2.23. The number of nitro groups is 1. The summed E-state index contributed by atoms with van der Waals surface area (Å²) in [5.74, 6) is 0. The Bertz CT molecular complexity index is 328. The lowest BCUT2D eigenvalue weighted by molar-refractivity contribution is -0.385. The molecule has 1 rings (SSSR count). The lowest BCUT2D eigenvalue weighted by Gasteiger charge is -2.08. The summed E-state index contributed by atoms with van der Waals surface area (Å²) in [5.41, 5.74) is 0.833. The van der Waals surface area contributed by atoms with Gasteiger partial charge in [0.2, 0.25) is 0 Å². The van der Waals surface area contributed by atoms with Gasteiger partial charge >= 0.3 is 0 Å². The average Bonchev–Trinajstić information content (AvgIpc) is 2.18. The van der Waals surface area contributed by atoms with E-state index >= 15 is 0 Å². The fourth-order valence-corrected chi connectivity index (χ4v) is 1.11. The van der Waals surface area contributed by atoms with E-state index < -0.39 is 4.92 Å². The highest BCUT2D eigenvalue weighted by molar-refractivity contribution is 5.29. The van der Waals surface area contributed by atoms with Gasteiger partial charge in [-0.2, -0.15) is 0 Å². The predicted octanol–water partition coefficient (Wildman–Crippen LogP) is 1.14. The summed E-state index contributed by atoms with van der Waals surface area (Å²) in [6, 6.07) is 3.17. The number of likely N-dealkylation sites (N-methyl/N-ethyl adjacent to an activating group) is 1. The quantitative estimate of drug-likeness (QED) is 0.577. The predicted molar refractivity (Wildman–Crippen MR) is 53.1 cm³/mol. The van der Waals surface area contributed by atoms with E-state index in [0.29, 0.717) is 6.42 Å². The molecule has 5 heteroatoms. The van der Waals surface area contributed by atoms with E-state index in [1.54, 1.807) is 0 Å². The third-order valence-corrected chi connectivity index (χ3v) is 2.02. The normalized spacial score (nSPS) is 12.4. The van der Waals surface area contributed by atoms with Gasteiger partial charge in [-0.15, -0.1) is 0 Å². The van der Waals surface area contributed by atoms with Crippen LogP contribution in [0.4, 0.5) is 5.69 Å². The summed E-state index contributed by atoms with van der Waals surface area (Å²) < 4.78 is 0. The molecule has 0 bridgehead atoms. The van der Waals surface area contributed by atoms with Crippen molar-refractivity contribution in [2.45, 2.75) is 19.4 Å². The van der Waals surface area contributed by atoms with Gasteiger partial charge in [0.15, 0.2) is 0 Å². The van der Waals surface area contributed by atoms with Gasteiger partial charge in [0.05, 0.1) is 4.92 Å². The Hall–Kier alpha value is -1.49. The van der Waals surface area contributed by atoms with Crippen LogP contribution in [-0.2, 0) is 6.42 Å². The highest BCUT2D eigenvalue weighted by atomic mass is 16.6. The van der Waals surface area contributed by atoms with E-state index in [9.17, 15) is 10.1 Å². The molecule has 1 atom stereocenters. The maximum atomic E-state index is 10.5. The number of nitrogens with one attached hydrogen (secondary N) is 1. The monoisotopic (exact) mass is 195 g/mol. The molecule has 76 valence electrons. The highest BCUT2D eigenvalue weighted by Gasteiger charge is 2.08. The molecule has 14 heavy (non-hydrogen) atoms. The first-order chi connectivity index (χ1) is 6.63. The molecule has 0 spiro atoms. The van der Waals surface area contributed by atoms with E-state index in [1.165, 1.54) is 18.3 Å². The van der Waals surface area contributed by atoms with Crippen LogP contribution in [0, 0.1) is 10.1 Å². The molecule has 0 amide bonds. The van der Waals surface area contributed by atoms with Crippen molar-refractivity contribution >= 4 is 5.69 Å². The van der Waals surface area contributed by atoms with E-state index in [1.807, 2.05) is 14.0 Å². The molecule has 0 aliphatic rings. The van der Waals surface area contributed by atoms with Crippen molar-refractivity contribution in [3.63, 3.8) is 0 Å². The molecular weight excluding hydrogens is 182 g/mol. The minimum Gasteiger partial charge on any atom is -0.317 e. The van der Waals surface area contributed by atoms with Gasteiger partial charge < -0.3 is 5.32 Å². The Labute approximate surface area is 82.3 Å². The molecule has 5 nitrogen and oxygen atoms in total. The molecule has 0 radical (unpaired) electrons. The van der Waals surface area contributed by atoms with Crippen molar-refractivity contribution < 1.29 is 4.92 Å². The summed E-state index contributed by atoms with van der Waals surface area (Å²) in [7, 11) is 1.85. The topological polar surface area (TPSA) is 68.1 Å². The molecule has 1 N–H and O–H groups in total. The van der Waals surface area contributed by atoms with Crippen LogP contribution in [-0.4, -0.2) is 23.0 Å². The zero-order valence-electron chi connectivity index (χ0n) is 8.23. The molecule has 0 saturated carbocycles. The first kappa shape index (κ1) is 10.6. The third kappa shape index (κ3) is 2.77. The maximum Gasteiger partial charge on any atom is 0.272 e. The Morgan fingerprint density at radius 2 is 2.43 bits per heavy atom. The number of aromatic nitrogens is 1. The van der Waals surface area contributed by atoms with Gasteiger partial charge in [0.25, 0.3) is 5.69 Å². The number of hydrogen-bond acceptors (Lipinski definition) is 4. The molecule has 1 aromatic rings. The van der Waals surface area contributed by atoms with Crippen LogP contribution in [0.5, 0.6) is 0 Å². The first-order valence-electron chi connectivity index (χ1n) is 4.40. The average molecular weight is 195 g/mol. The first-order valence-corrected chi connectivity index (χ1v) is 4.40. The molecule has 0 fully saturated rings. The van der Waals surface area contributed by atoms with E-state index in [-0.39, 0.29) is 11.7 Å². The van der Waals surface area contributed by atoms with Gasteiger partial charge in [-0.05, 0) is 14.0 Å². The van der Waals surface area contributed by atoms with Crippen LogP contribution >= 0.6 is 0 Å². The molecule has 0 aliphatic carbocycles. The second-order valence-electron chi connectivity index (χ2n) is 3.16. The standard InChI is InChI=1S/C9H13N3O2/c1-7(10-2)5-8-6-9(12(13)14)3-4-11-8/h3-4,6-7,10H,5H2,1-2H3. The van der Waals surface area contributed by atoms with Gasteiger partial charge in [-0.1, -0.05) is 0 Å². The lowest BCUT2D eigenvalue weighted by atomic mass is 10.1. The van der Waals surface area contributed by atoms with Crippen LogP contribution in [0.2, 0.25) is 0 Å². The van der Waals surface area contributed by atoms with Crippen molar-refractivity contribution in [2.75, 3.05) is 7.05 Å². The molecule has 1 heterocycles. The molecule has 1 unspecified atom stereocenters. The van der Waals surface area contributed by atoms with Crippen molar-refractivity contribution in [2.24, 2.45) is 0 Å². The molecular formula is C9H13N3O2. The Morgan fingerprint density at radius 1 is 1.71 bits per heavy atom. The third-order valence-electron chi connectivity index (χ3n) is 2.02. The second kappa shape index (κ2) is 4.66. The van der Waals surface area contributed by atoms with Crippen molar-refractivity contribution in [3.05, 3.63) is 34.1 Å². The van der Waals surface area contributed by atoms with Crippen molar-refractivity contribution in [1.29, 1.82) is 0 Å². The summed E-state index contributed by atoms with van der Waals surface area (Å²) in [6.07, 6.45) is 2.16. The van der Waals surface area contributed by atoms with Gasteiger partial charge in [0, 0.05) is 36.5 Å². The van der Waals surface area contributed by atoms with Crippen LogP contribution in [0.15, 0.2) is 18.3 Å². The number of hydrogen-bond donors (Lipinski definition) is 1. The van der Waals surface area contributed by atoms with Crippen molar-refractivity contribution in [1.82, 2.24) is 10.3 Å². The Balaban J connectivity index is 2.78. The summed E-state index contributed by atoms with van der Waals surface area (Å²) in [5, 5.41) is 13.5. The largest absolute Gasteiger partial charge is 0.317 e. The number of nitrogens with zero attached hydrogens (tertiary/aromatic N) is 2. The minimum absolute atomic E-state index is 0.0957. The number of pyridine rings is 1. The Morgan fingerprint density at radius 3 is 3.00 bits per heavy atom. The summed E-state index contributed by atoms with van der Waals surface area (Å²) >= 11 is 0. The smallest absolute Gasteiger partial charge is 0.272 e. The minimum atomic E-state index is -0.408. The Kier molecular flexibility index (Phi) is 3.53. The van der Waals surface area contributed by atoms with Crippen LogP contribution in [0.3, 0.4) is 0 Å². The molecule has 0 saturated heterocycles. The number of rotatable bonds is 4. The summed E-state index contributed by atoms with van der Waals surface area (Å²) in [4.78, 5) is 14.1. The fraction of sp³-hybridized carbons (Fsp3) is 0.444. The van der Waals surface area contributed by atoms with Gasteiger partial charge in [-0.25, -0.2) is 0 Å².